The van der Waals surface area contributed by atoms with Gasteiger partial charge in [-0.2, -0.15) is 0 Å². The topological polar surface area (TPSA) is 75.4 Å². The molecule has 1 N–H and O–H groups in total. The minimum atomic E-state index is -0.815. The Hall–Kier alpha value is -2.93. The summed E-state index contributed by atoms with van der Waals surface area (Å²) in [6, 6.07) is 12.2. The molecule has 0 spiro atoms. The maximum Gasteiger partial charge on any atom is 0.249 e. The summed E-state index contributed by atoms with van der Waals surface area (Å²) in [5.41, 5.74) is 0.555. The fraction of sp³-hybridized carbons (Fsp3) is 0.348. The quantitative estimate of drug-likeness (QED) is 0.592. The predicted molar refractivity (Wildman–Crippen MR) is 115 cm³/mol. The largest absolute Gasteiger partial charge is 0.467 e. The summed E-state index contributed by atoms with van der Waals surface area (Å²) in [5, 5.41) is 5.10. The van der Waals surface area contributed by atoms with Gasteiger partial charge < -0.3 is 14.6 Å². The molecule has 0 radical (unpaired) electrons. The fourth-order valence-electron chi connectivity index (χ4n) is 3.88. The number of amides is 2. The lowest BCUT2D eigenvalue weighted by atomic mass is 10.1. The summed E-state index contributed by atoms with van der Waals surface area (Å²) in [7, 11) is 0. The molecule has 0 bridgehead atoms. The monoisotopic (exact) mass is 423 g/mol. The van der Waals surface area contributed by atoms with Gasteiger partial charge in [0, 0.05) is 17.1 Å². The average Bonchev–Trinajstić information content (AvgIpc) is 3.52. The summed E-state index contributed by atoms with van der Waals surface area (Å²) in [5.74, 6) is 0.307. The third kappa shape index (κ3) is 4.97. The van der Waals surface area contributed by atoms with Crippen molar-refractivity contribution in [1.82, 2.24) is 15.2 Å². The van der Waals surface area contributed by atoms with Gasteiger partial charge in [0.1, 0.15) is 5.76 Å². The molecule has 1 aliphatic carbocycles. The molecule has 0 aromatic carbocycles. The first-order chi connectivity index (χ1) is 14.7. The molecule has 0 aliphatic heterocycles. The van der Waals surface area contributed by atoms with Gasteiger partial charge in [-0.15, -0.1) is 11.3 Å². The van der Waals surface area contributed by atoms with Gasteiger partial charge in [-0.05, 0) is 48.6 Å². The molecule has 1 fully saturated rings. The van der Waals surface area contributed by atoms with Crippen LogP contribution in [0.4, 0.5) is 0 Å². The summed E-state index contributed by atoms with van der Waals surface area (Å²) < 4.78 is 5.51. The van der Waals surface area contributed by atoms with E-state index in [1.165, 1.54) is 11.3 Å². The Labute approximate surface area is 179 Å². The number of hydrogen-bond acceptors (Lipinski definition) is 5. The third-order valence-electron chi connectivity index (χ3n) is 5.36. The van der Waals surface area contributed by atoms with E-state index in [0.717, 1.165) is 30.6 Å². The molecule has 3 aromatic rings. The highest BCUT2D eigenvalue weighted by atomic mass is 32.1. The molecule has 7 heteroatoms. The standard InChI is InChI=1S/C23H25N3O3S/c27-21(15-19-10-6-14-30-19)26(16-18-9-5-13-29-18)22(20-11-3-4-12-24-20)23(28)25-17-7-1-2-8-17/h3-6,9-14,17,22H,1-2,7-8,15-16H2,(H,25,28). The molecule has 1 atom stereocenters. The van der Waals surface area contributed by atoms with Gasteiger partial charge in [0.25, 0.3) is 0 Å². The summed E-state index contributed by atoms with van der Waals surface area (Å²) in [6.07, 6.45) is 7.65. The zero-order valence-corrected chi connectivity index (χ0v) is 17.5. The molecule has 6 nitrogen and oxygen atoms in total. The van der Waals surface area contributed by atoms with Crippen molar-refractivity contribution >= 4 is 23.2 Å². The Bertz CT molecular complexity index is 936. The number of nitrogens with one attached hydrogen (secondary N) is 1. The number of aromatic nitrogens is 1. The van der Waals surface area contributed by atoms with E-state index in [1.54, 1.807) is 35.6 Å². The summed E-state index contributed by atoms with van der Waals surface area (Å²) in [6.45, 7) is 0.205. The lowest BCUT2D eigenvalue weighted by molar-refractivity contribution is -0.141. The van der Waals surface area contributed by atoms with Crippen LogP contribution in [0.3, 0.4) is 0 Å². The Balaban J connectivity index is 1.65. The van der Waals surface area contributed by atoms with E-state index in [9.17, 15) is 9.59 Å². The van der Waals surface area contributed by atoms with Gasteiger partial charge >= 0.3 is 0 Å². The van der Waals surface area contributed by atoms with Crippen molar-refractivity contribution in [2.45, 2.75) is 50.7 Å². The first-order valence-corrected chi connectivity index (χ1v) is 11.1. The van der Waals surface area contributed by atoms with Crippen LogP contribution < -0.4 is 5.32 Å². The molecule has 0 saturated heterocycles. The number of rotatable bonds is 8. The lowest BCUT2D eigenvalue weighted by Gasteiger charge is -2.31. The van der Waals surface area contributed by atoms with Gasteiger partial charge in [-0.25, -0.2) is 0 Å². The average molecular weight is 424 g/mol. The van der Waals surface area contributed by atoms with Crippen LogP contribution in [0.1, 0.15) is 48.1 Å². The van der Waals surface area contributed by atoms with Crippen molar-refractivity contribution in [3.63, 3.8) is 0 Å². The highest BCUT2D eigenvalue weighted by Crippen LogP contribution is 2.26. The highest BCUT2D eigenvalue weighted by Gasteiger charge is 2.34. The smallest absolute Gasteiger partial charge is 0.249 e. The number of nitrogens with zero attached hydrogens (tertiary/aromatic N) is 2. The second kappa shape index (κ2) is 9.71. The molecule has 1 saturated carbocycles. The van der Waals surface area contributed by atoms with Crippen LogP contribution in [0.2, 0.25) is 0 Å². The van der Waals surface area contributed by atoms with Gasteiger partial charge in [0.05, 0.1) is 24.9 Å². The number of hydrogen-bond donors (Lipinski definition) is 1. The molecule has 3 aromatic heterocycles. The molecular formula is C23H25N3O3S. The predicted octanol–water partition coefficient (Wildman–Crippen LogP) is 4.11. The van der Waals surface area contributed by atoms with E-state index in [-0.39, 0.29) is 30.8 Å². The van der Waals surface area contributed by atoms with E-state index >= 15 is 0 Å². The van der Waals surface area contributed by atoms with Crippen LogP contribution in [-0.2, 0) is 22.6 Å². The van der Waals surface area contributed by atoms with E-state index in [2.05, 4.69) is 10.3 Å². The first kappa shape index (κ1) is 20.3. The second-order valence-electron chi connectivity index (χ2n) is 7.50. The number of thiophene rings is 1. The Morgan fingerprint density at radius 1 is 1.17 bits per heavy atom. The van der Waals surface area contributed by atoms with E-state index in [0.29, 0.717) is 11.5 Å². The van der Waals surface area contributed by atoms with Crippen molar-refractivity contribution in [3.8, 4) is 0 Å². The molecule has 3 heterocycles. The normalized spacial score (nSPS) is 15.1. The molecular weight excluding hydrogens is 398 g/mol. The van der Waals surface area contributed by atoms with Crippen LogP contribution in [0.15, 0.2) is 64.7 Å². The van der Waals surface area contributed by atoms with Crippen LogP contribution in [-0.4, -0.2) is 27.7 Å². The molecule has 30 heavy (non-hydrogen) atoms. The van der Waals surface area contributed by atoms with Crippen LogP contribution in [0.5, 0.6) is 0 Å². The van der Waals surface area contributed by atoms with Crippen LogP contribution in [0.25, 0.3) is 0 Å². The second-order valence-corrected chi connectivity index (χ2v) is 8.54. The van der Waals surface area contributed by atoms with Gasteiger partial charge in [-0.3, -0.25) is 14.6 Å². The summed E-state index contributed by atoms with van der Waals surface area (Å²) >= 11 is 1.53. The highest BCUT2D eigenvalue weighted by molar-refractivity contribution is 7.10. The molecule has 1 unspecified atom stereocenters. The fourth-order valence-corrected chi connectivity index (χ4v) is 4.58. The Kier molecular flexibility index (Phi) is 6.59. The minimum absolute atomic E-state index is 0.133. The lowest BCUT2D eigenvalue weighted by Crippen LogP contribution is -2.46. The molecule has 2 amide bonds. The summed E-state index contributed by atoms with van der Waals surface area (Å²) in [4.78, 5) is 33.7. The van der Waals surface area contributed by atoms with Gasteiger partial charge in [0.2, 0.25) is 11.8 Å². The third-order valence-corrected chi connectivity index (χ3v) is 6.24. The Morgan fingerprint density at radius 3 is 2.70 bits per heavy atom. The first-order valence-electron chi connectivity index (χ1n) is 10.3. The minimum Gasteiger partial charge on any atom is -0.467 e. The van der Waals surface area contributed by atoms with Gasteiger partial charge in [-0.1, -0.05) is 25.0 Å². The van der Waals surface area contributed by atoms with Crippen LogP contribution in [0, 0.1) is 0 Å². The van der Waals surface area contributed by atoms with Gasteiger partial charge in [0.15, 0.2) is 6.04 Å². The number of furan rings is 1. The van der Waals surface area contributed by atoms with Crippen LogP contribution >= 0.6 is 11.3 Å². The zero-order chi connectivity index (χ0) is 20.8. The number of pyridine rings is 1. The SMILES string of the molecule is O=C(NC1CCCC1)C(c1ccccn1)N(Cc1ccco1)C(=O)Cc1cccs1. The van der Waals surface area contributed by atoms with Crippen molar-refractivity contribution in [3.05, 3.63) is 76.6 Å². The number of carbonyl (C=O) groups is 2. The van der Waals surface area contributed by atoms with E-state index < -0.39 is 6.04 Å². The van der Waals surface area contributed by atoms with Crippen molar-refractivity contribution in [2.75, 3.05) is 0 Å². The van der Waals surface area contributed by atoms with Crippen molar-refractivity contribution < 1.29 is 14.0 Å². The molecule has 4 rings (SSSR count). The number of carbonyl (C=O) groups excluding carboxylic acids is 2. The van der Waals surface area contributed by atoms with Crippen molar-refractivity contribution in [1.29, 1.82) is 0 Å². The maximum absolute atomic E-state index is 13.4. The van der Waals surface area contributed by atoms with E-state index in [1.807, 2.05) is 29.6 Å². The Morgan fingerprint density at radius 2 is 2.03 bits per heavy atom. The maximum atomic E-state index is 13.4. The van der Waals surface area contributed by atoms with Crippen molar-refractivity contribution in [2.24, 2.45) is 0 Å². The molecule has 156 valence electrons. The molecule has 1 aliphatic rings. The zero-order valence-electron chi connectivity index (χ0n) is 16.7. The van der Waals surface area contributed by atoms with E-state index in [4.69, 9.17) is 4.42 Å².